The van der Waals surface area contributed by atoms with Crippen LogP contribution in [0.2, 0.25) is 0 Å². The average molecular weight is 597 g/mol. The topological polar surface area (TPSA) is 58.2 Å². The van der Waals surface area contributed by atoms with E-state index in [4.69, 9.17) is 0 Å². The Balaban J connectivity index is 1.61. The Morgan fingerprint density at radius 2 is 1.14 bits per heavy atom. The summed E-state index contributed by atoms with van der Waals surface area (Å²) >= 11 is 0. The minimum Gasteiger partial charge on any atom is -0.308 e. The quantitative estimate of drug-likeness (QED) is 0.171. The van der Waals surface area contributed by atoms with E-state index in [1.807, 2.05) is 67.6 Å². The van der Waals surface area contributed by atoms with E-state index in [1.54, 1.807) is 12.1 Å². The number of hydrogen-bond donors (Lipinski definition) is 2. The highest BCUT2D eigenvalue weighted by Gasteiger charge is 2.29. The van der Waals surface area contributed by atoms with Crippen molar-refractivity contribution in [3.05, 3.63) is 137 Å². The molecular formula is C38H48N2O2S. The number of rotatable bonds is 11. The molecule has 0 unspecified atom stereocenters. The average Bonchev–Trinajstić information content (AvgIpc) is 2.96. The summed E-state index contributed by atoms with van der Waals surface area (Å²) in [5, 5.41) is 3.75. The Bertz CT molecular complexity index is 1540. The molecule has 0 amide bonds. The van der Waals surface area contributed by atoms with E-state index >= 15 is 0 Å². The van der Waals surface area contributed by atoms with Crippen LogP contribution in [0.25, 0.3) is 0 Å². The predicted octanol–water partition coefficient (Wildman–Crippen LogP) is 8.57. The lowest BCUT2D eigenvalue weighted by Crippen LogP contribution is -2.39. The van der Waals surface area contributed by atoms with Gasteiger partial charge in [0, 0.05) is 0 Å². The maximum absolute atomic E-state index is 13.7. The number of benzene rings is 4. The molecule has 0 aliphatic carbocycles. The van der Waals surface area contributed by atoms with Crippen molar-refractivity contribution in [3.8, 4) is 0 Å². The second kappa shape index (κ2) is 13.6. The van der Waals surface area contributed by atoms with Crippen LogP contribution in [0.1, 0.15) is 93.4 Å². The molecule has 0 aromatic heterocycles. The summed E-state index contributed by atoms with van der Waals surface area (Å²) in [5.41, 5.74) is 7.17. The molecule has 0 saturated heterocycles. The molecule has 4 aromatic carbocycles. The van der Waals surface area contributed by atoms with Gasteiger partial charge >= 0.3 is 0 Å². The van der Waals surface area contributed by atoms with Crippen LogP contribution in [0.5, 0.6) is 0 Å². The lowest BCUT2D eigenvalue weighted by atomic mass is 9.79. The van der Waals surface area contributed by atoms with Gasteiger partial charge in [0.2, 0.25) is 10.0 Å². The zero-order valence-corrected chi connectivity index (χ0v) is 27.6. The van der Waals surface area contributed by atoms with Gasteiger partial charge in [-0.15, -0.1) is 0 Å². The Morgan fingerprint density at radius 1 is 0.651 bits per heavy atom. The highest BCUT2D eigenvalue weighted by molar-refractivity contribution is 7.89. The van der Waals surface area contributed by atoms with Crippen LogP contribution >= 0.6 is 0 Å². The summed E-state index contributed by atoms with van der Waals surface area (Å²) in [6.07, 6.45) is 1.86. The zero-order chi connectivity index (χ0) is 31.3. The van der Waals surface area contributed by atoms with Gasteiger partial charge in [0.25, 0.3) is 0 Å². The maximum atomic E-state index is 13.7. The largest absolute Gasteiger partial charge is 0.308 e. The lowest BCUT2D eigenvalue weighted by Gasteiger charge is -2.30. The van der Waals surface area contributed by atoms with Crippen LogP contribution < -0.4 is 10.0 Å². The van der Waals surface area contributed by atoms with E-state index in [9.17, 15) is 8.42 Å². The molecule has 0 heterocycles. The van der Waals surface area contributed by atoms with E-state index in [2.05, 4.69) is 81.9 Å². The van der Waals surface area contributed by atoms with Gasteiger partial charge in [-0.05, 0) is 77.1 Å². The van der Waals surface area contributed by atoms with Crippen LogP contribution in [0.15, 0.2) is 108 Å². The molecule has 2 atom stereocenters. The summed E-state index contributed by atoms with van der Waals surface area (Å²) in [7, 11) is -3.78. The second-order valence-electron chi connectivity index (χ2n) is 13.7. The van der Waals surface area contributed by atoms with E-state index in [0.29, 0.717) is 0 Å². The minimum absolute atomic E-state index is 0.0736. The van der Waals surface area contributed by atoms with Crippen LogP contribution in [-0.4, -0.2) is 15.0 Å². The van der Waals surface area contributed by atoms with E-state index in [1.165, 1.54) is 16.7 Å². The molecule has 4 aromatic rings. The molecule has 4 rings (SSSR count). The normalized spacial score (nSPS) is 13.9. The third kappa shape index (κ3) is 8.88. The Hall–Kier alpha value is -3.25. The fourth-order valence-electron chi connectivity index (χ4n) is 5.28. The number of hydrogen-bond acceptors (Lipinski definition) is 3. The van der Waals surface area contributed by atoms with Crippen molar-refractivity contribution in [3.63, 3.8) is 0 Å². The number of nitrogens with one attached hydrogen (secondary N) is 2. The molecule has 0 fully saturated rings. The van der Waals surface area contributed by atoms with E-state index in [-0.39, 0.29) is 21.8 Å². The maximum Gasteiger partial charge on any atom is 0.241 e. The summed E-state index contributed by atoms with van der Waals surface area (Å²) in [4.78, 5) is 0.263. The van der Waals surface area contributed by atoms with Gasteiger partial charge in [0.15, 0.2) is 0 Å². The van der Waals surface area contributed by atoms with Crippen molar-refractivity contribution in [2.24, 2.45) is 0 Å². The molecular weight excluding hydrogens is 548 g/mol. The molecule has 4 nitrogen and oxygen atoms in total. The molecule has 2 N–H and O–H groups in total. The second-order valence-corrected chi connectivity index (χ2v) is 15.4. The molecule has 0 bridgehead atoms. The fourth-order valence-corrected chi connectivity index (χ4v) is 6.52. The molecule has 5 heteroatoms. The molecule has 0 aliphatic heterocycles. The van der Waals surface area contributed by atoms with Crippen LogP contribution in [0, 0.1) is 6.92 Å². The van der Waals surface area contributed by atoms with Crippen LogP contribution in [0.4, 0.5) is 0 Å². The van der Waals surface area contributed by atoms with Gasteiger partial charge in [-0.2, -0.15) is 0 Å². The molecule has 43 heavy (non-hydrogen) atoms. The highest BCUT2D eigenvalue weighted by Crippen LogP contribution is 2.32. The Morgan fingerprint density at radius 3 is 1.63 bits per heavy atom. The van der Waals surface area contributed by atoms with Crippen LogP contribution in [0.3, 0.4) is 0 Å². The standard InChI is InChI=1S/C38H48N2O2S/c1-28-20-22-34(23-21-28)43(41,42)40-36(31-18-12-9-13-19-31)35(30-16-10-8-11-17-30)39-24-14-15-29-25-32(37(2,3)4)27-33(26-29)38(5,6)7/h8-13,16-23,25-27,35-36,39-40H,14-15,24H2,1-7H3/t35-,36-/m1/s1. The smallest absolute Gasteiger partial charge is 0.241 e. The first kappa shape index (κ1) is 32.7. The summed E-state index contributed by atoms with van der Waals surface area (Å²) in [5.74, 6) is 0. The molecule has 0 radical (unpaired) electrons. The Kier molecular flexibility index (Phi) is 10.3. The third-order valence-electron chi connectivity index (χ3n) is 8.00. The predicted molar refractivity (Wildman–Crippen MR) is 180 cm³/mol. The van der Waals surface area contributed by atoms with Gasteiger partial charge in [-0.1, -0.05) is 138 Å². The van der Waals surface area contributed by atoms with Gasteiger partial charge in [-0.3, -0.25) is 0 Å². The Labute approximate surface area is 260 Å². The van der Waals surface area contributed by atoms with Crippen molar-refractivity contribution in [2.45, 2.75) is 89.1 Å². The van der Waals surface area contributed by atoms with E-state index in [0.717, 1.165) is 36.1 Å². The van der Waals surface area contributed by atoms with Crippen LogP contribution in [-0.2, 0) is 27.3 Å². The SMILES string of the molecule is Cc1ccc(S(=O)(=O)N[C@H](c2ccccc2)[C@H](NCCCc2cc(C(C)(C)C)cc(C(C)(C)C)c2)c2ccccc2)cc1. The summed E-state index contributed by atoms with van der Waals surface area (Å²) < 4.78 is 30.4. The first-order valence-corrected chi connectivity index (χ1v) is 16.8. The van der Waals surface area contributed by atoms with Gasteiger partial charge < -0.3 is 5.32 Å². The summed E-state index contributed by atoms with van der Waals surface area (Å²) in [6.45, 7) is 16.3. The van der Waals surface area contributed by atoms with Gasteiger partial charge in [0.1, 0.15) is 0 Å². The summed E-state index contributed by atoms with van der Waals surface area (Å²) in [6, 6.07) is 33.3. The number of sulfonamides is 1. The molecule has 228 valence electrons. The first-order valence-electron chi connectivity index (χ1n) is 15.3. The zero-order valence-electron chi connectivity index (χ0n) is 26.8. The van der Waals surface area contributed by atoms with Crippen molar-refractivity contribution >= 4 is 10.0 Å². The monoisotopic (exact) mass is 596 g/mol. The molecule has 0 spiro atoms. The van der Waals surface area contributed by atoms with Gasteiger partial charge in [-0.25, -0.2) is 13.1 Å². The minimum atomic E-state index is -3.78. The van der Waals surface area contributed by atoms with Gasteiger partial charge in [0.05, 0.1) is 17.0 Å². The molecule has 0 saturated carbocycles. The van der Waals surface area contributed by atoms with Crippen molar-refractivity contribution < 1.29 is 8.42 Å². The van der Waals surface area contributed by atoms with Crippen molar-refractivity contribution in [1.29, 1.82) is 0 Å². The lowest BCUT2D eigenvalue weighted by molar-refractivity contribution is 0.420. The number of aryl methyl sites for hydroxylation is 2. The third-order valence-corrected chi connectivity index (χ3v) is 9.45. The fraction of sp³-hybridized carbons (Fsp3) is 0.368. The van der Waals surface area contributed by atoms with Crippen molar-refractivity contribution in [1.82, 2.24) is 10.0 Å². The van der Waals surface area contributed by atoms with Crippen molar-refractivity contribution in [2.75, 3.05) is 6.54 Å². The van der Waals surface area contributed by atoms with E-state index < -0.39 is 16.1 Å². The first-order chi connectivity index (χ1) is 20.2. The molecule has 0 aliphatic rings. The highest BCUT2D eigenvalue weighted by atomic mass is 32.2.